The van der Waals surface area contributed by atoms with Gasteiger partial charge in [0.15, 0.2) is 5.82 Å². The molecule has 1 amide bonds. The summed E-state index contributed by atoms with van der Waals surface area (Å²) in [5, 5.41) is 11.9. The number of hydrogen-bond acceptors (Lipinski definition) is 7. The third-order valence-corrected chi connectivity index (χ3v) is 6.41. The number of benzene rings is 2. The Hall–Kier alpha value is -4.34. The van der Waals surface area contributed by atoms with Crippen molar-refractivity contribution >= 4 is 22.8 Å². The standard InChI is InChI=1S/C28H32N6O4/c1-28(2,3)38-27(36)33-16-8-7-9-19(17-33)34-24-22(25(29)30-31-26(24)35)23(32-34)18-12-14-21(15-13-18)37-20-10-5-4-6-11-20/h4-6,10-15,19H,7-9,16-17H2,1-3H3,(H2,29,30)(H,31,35). The zero-order chi connectivity index (χ0) is 26.9. The van der Waals surface area contributed by atoms with Gasteiger partial charge in [-0.25, -0.2) is 9.89 Å². The van der Waals surface area contributed by atoms with Crippen LogP contribution in [0.25, 0.3) is 22.2 Å². The molecule has 1 atom stereocenters. The van der Waals surface area contributed by atoms with Crippen molar-refractivity contribution in [1.29, 1.82) is 0 Å². The van der Waals surface area contributed by atoms with Crippen LogP contribution in [0, 0.1) is 0 Å². The molecule has 1 saturated heterocycles. The quantitative estimate of drug-likeness (QED) is 0.385. The first-order chi connectivity index (χ1) is 18.2. The third-order valence-electron chi connectivity index (χ3n) is 6.41. The number of nitrogen functional groups attached to an aromatic ring is 1. The summed E-state index contributed by atoms with van der Waals surface area (Å²) in [5.74, 6) is 1.59. The Kier molecular flexibility index (Phi) is 6.79. The Morgan fingerprint density at radius 3 is 2.47 bits per heavy atom. The Balaban J connectivity index is 1.51. The number of fused-ring (bicyclic) bond motifs is 1. The molecule has 10 heteroatoms. The number of nitrogens with one attached hydrogen (secondary N) is 1. The van der Waals surface area contributed by atoms with E-state index in [0.29, 0.717) is 35.4 Å². The molecular weight excluding hydrogens is 484 g/mol. The fourth-order valence-electron chi connectivity index (χ4n) is 4.70. The Bertz CT molecular complexity index is 1490. The van der Waals surface area contributed by atoms with Gasteiger partial charge in [-0.2, -0.15) is 10.2 Å². The summed E-state index contributed by atoms with van der Waals surface area (Å²) in [4.78, 5) is 27.6. The number of hydrogen-bond donors (Lipinski definition) is 2. The van der Waals surface area contributed by atoms with E-state index in [-0.39, 0.29) is 23.5 Å². The van der Waals surface area contributed by atoms with Crippen LogP contribution >= 0.6 is 0 Å². The number of aromatic amines is 1. The number of ether oxygens (including phenoxy) is 2. The molecule has 2 aromatic carbocycles. The highest BCUT2D eigenvalue weighted by Crippen LogP contribution is 2.34. The van der Waals surface area contributed by atoms with E-state index >= 15 is 0 Å². The van der Waals surface area contributed by atoms with Crippen molar-refractivity contribution < 1.29 is 14.3 Å². The van der Waals surface area contributed by atoms with E-state index in [4.69, 9.17) is 20.3 Å². The summed E-state index contributed by atoms with van der Waals surface area (Å²) in [7, 11) is 0. The van der Waals surface area contributed by atoms with Gasteiger partial charge in [0.2, 0.25) is 0 Å². The van der Waals surface area contributed by atoms with E-state index in [9.17, 15) is 9.59 Å². The molecule has 0 saturated carbocycles. The molecule has 0 bridgehead atoms. The maximum atomic E-state index is 13.0. The summed E-state index contributed by atoms with van der Waals surface area (Å²) in [6.07, 6.45) is 2.10. The molecule has 3 N–H and O–H groups in total. The van der Waals surface area contributed by atoms with Gasteiger partial charge in [-0.3, -0.25) is 9.48 Å². The van der Waals surface area contributed by atoms with Crippen molar-refractivity contribution in [2.45, 2.75) is 51.7 Å². The van der Waals surface area contributed by atoms with Crippen molar-refractivity contribution in [2.75, 3.05) is 18.8 Å². The third kappa shape index (κ3) is 5.34. The highest BCUT2D eigenvalue weighted by Gasteiger charge is 2.30. The maximum absolute atomic E-state index is 13.0. The fraction of sp³-hybridized carbons (Fsp3) is 0.357. The fourth-order valence-corrected chi connectivity index (χ4v) is 4.70. The van der Waals surface area contributed by atoms with Crippen molar-refractivity contribution in [3.63, 3.8) is 0 Å². The highest BCUT2D eigenvalue weighted by atomic mass is 16.6. The molecule has 1 fully saturated rings. The Morgan fingerprint density at radius 1 is 1.05 bits per heavy atom. The number of anilines is 1. The number of amides is 1. The average molecular weight is 517 g/mol. The second-order valence-corrected chi connectivity index (χ2v) is 10.5. The molecule has 1 aliphatic heterocycles. The van der Waals surface area contributed by atoms with Crippen LogP contribution in [-0.4, -0.2) is 49.7 Å². The predicted octanol–water partition coefficient (Wildman–Crippen LogP) is 5.12. The second-order valence-electron chi connectivity index (χ2n) is 10.5. The molecule has 1 aliphatic rings. The van der Waals surface area contributed by atoms with Gasteiger partial charge >= 0.3 is 6.09 Å². The van der Waals surface area contributed by atoms with Crippen molar-refractivity contribution in [1.82, 2.24) is 24.9 Å². The van der Waals surface area contributed by atoms with Gasteiger partial charge in [-0.15, -0.1) is 0 Å². The maximum Gasteiger partial charge on any atom is 0.410 e. The smallest absolute Gasteiger partial charge is 0.410 e. The van der Waals surface area contributed by atoms with E-state index in [2.05, 4.69) is 10.2 Å². The first-order valence-corrected chi connectivity index (χ1v) is 12.8. The van der Waals surface area contributed by atoms with Crippen LogP contribution in [0.5, 0.6) is 11.5 Å². The monoisotopic (exact) mass is 516 g/mol. The molecule has 198 valence electrons. The van der Waals surface area contributed by atoms with E-state index < -0.39 is 5.60 Å². The molecule has 3 heterocycles. The number of nitrogens with zero attached hydrogens (tertiary/aromatic N) is 4. The zero-order valence-corrected chi connectivity index (χ0v) is 21.8. The molecular formula is C28H32N6O4. The lowest BCUT2D eigenvalue weighted by atomic mass is 10.1. The number of H-pyrrole nitrogens is 1. The highest BCUT2D eigenvalue weighted by molar-refractivity contribution is 5.99. The molecule has 0 radical (unpaired) electrons. The van der Waals surface area contributed by atoms with Crippen LogP contribution in [0.4, 0.5) is 10.6 Å². The lowest BCUT2D eigenvalue weighted by Gasteiger charge is -2.28. The zero-order valence-electron chi connectivity index (χ0n) is 21.8. The van der Waals surface area contributed by atoms with Crippen LogP contribution in [0.3, 0.4) is 0 Å². The molecule has 0 spiro atoms. The lowest BCUT2D eigenvalue weighted by molar-refractivity contribution is 0.0235. The van der Waals surface area contributed by atoms with E-state index in [1.165, 1.54) is 0 Å². The van der Waals surface area contributed by atoms with Crippen LogP contribution in [0.2, 0.25) is 0 Å². The SMILES string of the molecule is CC(C)(C)OC(=O)N1CCCCC(n2nc(-c3ccc(Oc4ccccc4)cc3)c3c(N)n[nH]c(=O)c32)C1. The van der Waals surface area contributed by atoms with Gasteiger partial charge in [0.25, 0.3) is 5.56 Å². The first kappa shape index (κ1) is 25.3. The van der Waals surface area contributed by atoms with Crippen molar-refractivity contribution in [3.05, 3.63) is 65.0 Å². The number of aromatic nitrogens is 4. The van der Waals surface area contributed by atoms with E-state index in [0.717, 1.165) is 30.6 Å². The lowest BCUT2D eigenvalue weighted by Crippen LogP contribution is -2.39. The van der Waals surface area contributed by atoms with Gasteiger partial charge in [0, 0.05) is 18.7 Å². The molecule has 4 aromatic rings. The van der Waals surface area contributed by atoms with Gasteiger partial charge < -0.3 is 20.1 Å². The summed E-state index contributed by atoms with van der Waals surface area (Å²) >= 11 is 0. The van der Waals surface area contributed by atoms with Gasteiger partial charge in [0.1, 0.15) is 28.3 Å². The minimum absolute atomic E-state index is 0.183. The number of carbonyl (C=O) groups excluding carboxylic acids is 1. The molecule has 2 aromatic heterocycles. The average Bonchev–Trinajstić information content (AvgIpc) is 3.12. The number of carbonyl (C=O) groups is 1. The largest absolute Gasteiger partial charge is 0.457 e. The van der Waals surface area contributed by atoms with E-state index in [1.807, 2.05) is 75.4 Å². The minimum Gasteiger partial charge on any atom is -0.457 e. The van der Waals surface area contributed by atoms with Crippen LogP contribution in [-0.2, 0) is 4.74 Å². The van der Waals surface area contributed by atoms with Gasteiger partial charge in [0.05, 0.1) is 11.4 Å². The van der Waals surface area contributed by atoms with Crippen molar-refractivity contribution in [3.8, 4) is 22.8 Å². The minimum atomic E-state index is -0.599. The van der Waals surface area contributed by atoms with Crippen LogP contribution in [0.1, 0.15) is 46.1 Å². The predicted molar refractivity (Wildman–Crippen MR) is 145 cm³/mol. The number of rotatable bonds is 4. The summed E-state index contributed by atoms with van der Waals surface area (Å²) < 4.78 is 13.2. The number of nitrogens with two attached hydrogens (primary N) is 1. The molecule has 38 heavy (non-hydrogen) atoms. The topological polar surface area (TPSA) is 128 Å². The molecule has 10 nitrogen and oxygen atoms in total. The first-order valence-electron chi connectivity index (χ1n) is 12.8. The van der Waals surface area contributed by atoms with Gasteiger partial charge in [-0.05, 0) is 76.4 Å². The number of likely N-dealkylation sites (tertiary alicyclic amines) is 1. The summed E-state index contributed by atoms with van der Waals surface area (Å²) in [6, 6.07) is 16.7. The van der Waals surface area contributed by atoms with Crippen LogP contribution in [0.15, 0.2) is 59.4 Å². The summed E-state index contributed by atoms with van der Waals surface area (Å²) in [6.45, 7) is 6.49. The molecule has 0 aliphatic carbocycles. The normalized spacial score (nSPS) is 16.3. The molecule has 5 rings (SSSR count). The van der Waals surface area contributed by atoms with Crippen LogP contribution < -0.4 is 16.0 Å². The number of para-hydroxylation sites is 1. The van der Waals surface area contributed by atoms with Crippen molar-refractivity contribution in [2.24, 2.45) is 0 Å². The van der Waals surface area contributed by atoms with E-state index in [1.54, 1.807) is 9.58 Å². The van der Waals surface area contributed by atoms with Gasteiger partial charge in [-0.1, -0.05) is 18.2 Å². The second kappa shape index (κ2) is 10.2. The summed E-state index contributed by atoms with van der Waals surface area (Å²) in [5.41, 5.74) is 6.95. The molecule has 1 unspecified atom stereocenters. The Labute approximate surface area is 220 Å². The Morgan fingerprint density at radius 2 is 1.76 bits per heavy atom.